The minimum absolute atomic E-state index is 0.110. The van der Waals surface area contributed by atoms with E-state index in [-0.39, 0.29) is 18.3 Å². The summed E-state index contributed by atoms with van der Waals surface area (Å²) in [5, 5.41) is 0. The normalized spacial score (nSPS) is 25.5. The Morgan fingerprint density at radius 1 is 1.35 bits per heavy atom. The van der Waals surface area contributed by atoms with Crippen LogP contribution in [0.3, 0.4) is 0 Å². The zero-order chi connectivity index (χ0) is 13.1. The summed E-state index contributed by atoms with van der Waals surface area (Å²) in [6.45, 7) is 6.77. The molecule has 0 bridgehead atoms. The number of carbonyl (C=O) groups excluding carboxylic acids is 1. The summed E-state index contributed by atoms with van der Waals surface area (Å²) in [5.74, 6) is -0.302. The molecule has 0 aromatic carbocycles. The van der Waals surface area contributed by atoms with Gasteiger partial charge in [-0.1, -0.05) is 0 Å². The van der Waals surface area contributed by atoms with Gasteiger partial charge in [-0.2, -0.15) is 0 Å². The molecule has 1 fully saturated rings. The third-order valence-corrected chi connectivity index (χ3v) is 2.88. The zero-order valence-corrected chi connectivity index (χ0v) is 10.8. The number of ether oxygens (including phenoxy) is 1. The number of nitrogens with one attached hydrogen (secondary N) is 1. The molecule has 3 nitrogen and oxygen atoms in total. The van der Waals surface area contributed by atoms with Crippen LogP contribution in [0.1, 0.15) is 33.6 Å². The van der Waals surface area contributed by atoms with Crippen LogP contribution < -0.4 is 4.90 Å². The van der Waals surface area contributed by atoms with Crippen molar-refractivity contribution in [2.24, 2.45) is 5.92 Å². The maximum absolute atomic E-state index is 12.2. The lowest BCUT2D eigenvalue weighted by molar-refractivity contribution is -0.896. The summed E-state index contributed by atoms with van der Waals surface area (Å²) in [6.07, 6.45) is 1.19. The van der Waals surface area contributed by atoms with E-state index in [1.54, 1.807) is 0 Å². The average molecular weight is 248 g/mol. The van der Waals surface area contributed by atoms with Crippen molar-refractivity contribution in [3.8, 4) is 0 Å². The van der Waals surface area contributed by atoms with Gasteiger partial charge in [0.2, 0.25) is 0 Å². The molecular formula is C11H21BF2NO2+. The van der Waals surface area contributed by atoms with Crippen LogP contribution in [-0.2, 0) is 9.53 Å². The summed E-state index contributed by atoms with van der Waals surface area (Å²) in [6, 6.07) is 0. The first kappa shape index (κ1) is 14.4. The maximum Gasteiger partial charge on any atom is 0.592 e. The SMILES string of the molecule is CC(C)(C)OC(=O)C1CC[NH+](CB(F)F)CC1. The van der Waals surface area contributed by atoms with Crippen LogP contribution in [0.2, 0.25) is 0 Å². The highest BCUT2D eigenvalue weighted by Gasteiger charge is 2.32. The quantitative estimate of drug-likeness (QED) is 0.585. The number of rotatable bonds is 3. The lowest BCUT2D eigenvalue weighted by atomic mass is 9.92. The lowest BCUT2D eigenvalue weighted by Crippen LogP contribution is -3.14. The fourth-order valence-electron chi connectivity index (χ4n) is 2.07. The Bertz CT molecular complexity index is 261. The molecule has 0 amide bonds. The van der Waals surface area contributed by atoms with Gasteiger partial charge in [0.25, 0.3) is 0 Å². The molecule has 0 radical (unpaired) electrons. The number of halogens is 2. The fraction of sp³-hybridized carbons (Fsp3) is 0.909. The zero-order valence-electron chi connectivity index (χ0n) is 10.8. The first-order chi connectivity index (χ1) is 7.78. The number of likely N-dealkylation sites (tertiary alicyclic amines) is 1. The molecule has 0 atom stereocenters. The van der Waals surface area contributed by atoms with E-state index in [1.807, 2.05) is 20.8 Å². The molecule has 98 valence electrons. The van der Waals surface area contributed by atoms with Crippen molar-refractivity contribution in [2.45, 2.75) is 39.2 Å². The highest BCUT2D eigenvalue weighted by atomic mass is 19.2. The van der Waals surface area contributed by atoms with Crippen LogP contribution in [0, 0.1) is 5.92 Å². The number of carbonyl (C=O) groups is 1. The van der Waals surface area contributed by atoms with E-state index in [4.69, 9.17) is 4.74 Å². The molecule has 1 aliphatic rings. The molecule has 1 heterocycles. The second kappa shape index (κ2) is 5.80. The van der Waals surface area contributed by atoms with Crippen LogP contribution in [-0.4, -0.2) is 38.4 Å². The van der Waals surface area contributed by atoms with Gasteiger partial charge in [-0.15, -0.1) is 0 Å². The third-order valence-electron chi connectivity index (χ3n) is 2.88. The molecule has 1 rings (SSSR count). The van der Waals surface area contributed by atoms with E-state index in [0.29, 0.717) is 25.9 Å². The summed E-state index contributed by atoms with van der Waals surface area (Å²) < 4.78 is 29.7. The highest BCUT2D eigenvalue weighted by Crippen LogP contribution is 2.16. The minimum Gasteiger partial charge on any atom is -0.460 e. The molecule has 1 saturated heterocycles. The van der Waals surface area contributed by atoms with Crippen LogP contribution >= 0.6 is 0 Å². The Morgan fingerprint density at radius 3 is 2.29 bits per heavy atom. The minimum atomic E-state index is -2.26. The standard InChI is InChI=1S/C11H20BF2NO2/c1-11(2,3)17-10(16)9-4-6-15(7-5-9)8-12(13)14/h9H,4-8H2,1-3H3/p+1. The van der Waals surface area contributed by atoms with Gasteiger partial charge >= 0.3 is 13.2 Å². The second-order valence-electron chi connectivity index (χ2n) is 5.65. The average Bonchev–Trinajstić information content (AvgIpc) is 2.15. The molecule has 6 heteroatoms. The van der Waals surface area contributed by atoms with Gasteiger partial charge in [0.15, 0.2) is 0 Å². The molecule has 0 aliphatic carbocycles. The van der Waals surface area contributed by atoms with Crippen molar-refractivity contribution in [1.29, 1.82) is 0 Å². The Hall–Kier alpha value is -0.645. The monoisotopic (exact) mass is 248 g/mol. The number of hydrogen-bond donors (Lipinski definition) is 1. The van der Waals surface area contributed by atoms with Gasteiger partial charge in [0, 0.05) is 12.8 Å². The van der Waals surface area contributed by atoms with E-state index >= 15 is 0 Å². The largest absolute Gasteiger partial charge is 0.592 e. The Kier molecular flexibility index (Phi) is 4.92. The smallest absolute Gasteiger partial charge is 0.460 e. The van der Waals surface area contributed by atoms with E-state index in [1.165, 1.54) is 0 Å². The highest BCUT2D eigenvalue weighted by molar-refractivity contribution is 6.42. The van der Waals surface area contributed by atoms with Gasteiger partial charge in [-0.05, 0) is 20.8 Å². The third kappa shape index (κ3) is 5.48. The molecule has 0 saturated carbocycles. The molecule has 0 spiro atoms. The van der Waals surface area contributed by atoms with Crippen molar-refractivity contribution in [1.82, 2.24) is 0 Å². The van der Waals surface area contributed by atoms with Crippen LogP contribution in [0.25, 0.3) is 0 Å². The number of piperidine rings is 1. The van der Waals surface area contributed by atoms with E-state index in [0.717, 1.165) is 4.90 Å². The number of hydrogen-bond acceptors (Lipinski definition) is 2. The van der Waals surface area contributed by atoms with E-state index in [2.05, 4.69) is 0 Å². The molecular weight excluding hydrogens is 227 g/mol. The predicted molar refractivity (Wildman–Crippen MR) is 62.1 cm³/mol. The van der Waals surface area contributed by atoms with Crippen molar-refractivity contribution in [3.63, 3.8) is 0 Å². The van der Waals surface area contributed by atoms with Gasteiger partial charge in [-0.25, -0.2) is 0 Å². The predicted octanol–water partition coefficient (Wildman–Crippen LogP) is 0.589. The molecule has 0 aromatic heterocycles. The van der Waals surface area contributed by atoms with Gasteiger partial charge in [-0.3, -0.25) is 13.4 Å². The maximum atomic E-state index is 12.2. The van der Waals surface area contributed by atoms with Crippen molar-refractivity contribution in [2.75, 3.05) is 19.5 Å². The van der Waals surface area contributed by atoms with Gasteiger partial charge < -0.3 is 9.64 Å². The van der Waals surface area contributed by atoms with Gasteiger partial charge in [0.05, 0.1) is 19.0 Å². The first-order valence-corrected chi connectivity index (χ1v) is 6.12. The number of esters is 1. The van der Waals surface area contributed by atoms with Crippen LogP contribution in [0.15, 0.2) is 0 Å². The van der Waals surface area contributed by atoms with Crippen LogP contribution in [0.5, 0.6) is 0 Å². The van der Waals surface area contributed by atoms with Crippen molar-refractivity contribution >= 4 is 13.2 Å². The summed E-state index contributed by atoms with van der Waals surface area (Å²) in [4.78, 5) is 12.7. The van der Waals surface area contributed by atoms with E-state index in [9.17, 15) is 13.4 Å². The molecule has 0 aromatic rings. The second-order valence-corrected chi connectivity index (χ2v) is 5.65. The molecule has 1 aliphatic heterocycles. The lowest BCUT2D eigenvalue weighted by Gasteiger charge is -2.29. The Balaban J connectivity index is 2.34. The van der Waals surface area contributed by atoms with Gasteiger partial charge in [0.1, 0.15) is 12.0 Å². The molecule has 17 heavy (non-hydrogen) atoms. The van der Waals surface area contributed by atoms with Crippen molar-refractivity contribution < 1.29 is 23.1 Å². The molecule has 0 unspecified atom stereocenters. The summed E-state index contributed by atoms with van der Waals surface area (Å²) >= 11 is 0. The Labute approximate surface area is 102 Å². The molecule has 1 N–H and O–H groups in total. The first-order valence-electron chi connectivity index (χ1n) is 6.12. The fourth-order valence-corrected chi connectivity index (χ4v) is 2.07. The van der Waals surface area contributed by atoms with Crippen LogP contribution in [0.4, 0.5) is 8.63 Å². The number of quaternary nitrogens is 1. The topological polar surface area (TPSA) is 30.7 Å². The van der Waals surface area contributed by atoms with Crippen molar-refractivity contribution in [3.05, 3.63) is 0 Å². The Morgan fingerprint density at radius 2 is 1.88 bits per heavy atom. The summed E-state index contributed by atoms with van der Waals surface area (Å²) in [5.41, 5.74) is -0.468. The van der Waals surface area contributed by atoms with E-state index < -0.39 is 12.9 Å². The summed E-state index contributed by atoms with van der Waals surface area (Å²) in [7, 11) is -2.26.